The van der Waals surface area contributed by atoms with Crippen LogP contribution in [0, 0.1) is 17.1 Å². The molecule has 0 spiro atoms. The third-order valence-electron chi connectivity index (χ3n) is 3.00. The zero-order valence-electron chi connectivity index (χ0n) is 8.48. The molecule has 0 heterocycles. The van der Waals surface area contributed by atoms with E-state index in [1.165, 1.54) is 12.1 Å². The fourth-order valence-electron chi connectivity index (χ4n) is 1.78. The highest BCUT2D eigenvalue weighted by molar-refractivity contribution is 7.93. The Bertz CT molecular complexity index is 538. The molecule has 1 aliphatic rings. The van der Waals surface area contributed by atoms with Crippen LogP contribution in [-0.2, 0) is 9.84 Å². The molecule has 16 heavy (non-hydrogen) atoms. The van der Waals surface area contributed by atoms with Crippen LogP contribution in [-0.4, -0.2) is 13.2 Å². The molecule has 1 aromatic rings. The van der Waals surface area contributed by atoms with Gasteiger partial charge in [0.25, 0.3) is 0 Å². The normalized spacial score (nSPS) is 18.5. The van der Waals surface area contributed by atoms with Crippen molar-refractivity contribution in [3.05, 3.63) is 30.1 Å². The monoisotopic (exact) mass is 239 g/mol. The Morgan fingerprint density at radius 3 is 2.19 bits per heavy atom. The van der Waals surface area contributed by atoms with Gasteiger partial charge in [0.15, 0.2) is 14.6 Å². The van der Waals surface area contributed by atoms with Crippen LogP contribution in [0.15, 0.2) is 29.2 Å². The van der Waals surface area contributed by atoms with Gasteiger partial charge in [-0.2, -0.15) is 5.26 Å². The lowest BCUT2D eigenvalue weighted by Gasteiger charge is -2.34. The Hall–Kier alpha value is -1.41. The van der Waals surface area contributed by atoms with E-state index < -0.39 is 20.4 Å². The van der Waals surface area contributed by atoms with Crippen LogP contribution in [0.5, 0.6) is 0 Å². The van der Waals surface area contributed by atoms with Gasteiger partial charge >= 0.3 is 0 Å². The second-order valence-corrected chi connectivity index (χ2v) is 6.18. The molecule has 3 nitrogen and oxygen atoms in total. The van der Waals surface area contributed by atoms with Crippen molar-refractivity contribution in [2.45, 2.75) is 28.9 Å². The highest BCUT2D eigenvalue weighted by atomic mass is 32.2. The van der Waals surface area contributed by atoms with Crippen LogP contribution >= 0.6 is 0 Å². The summed E-state index contributed by atoms with van der Waals surface area (Å²) in [5.74, 6) is -0.487. The maximum Gasteiger partial charge on any atom is 0.197 e. The molecule has 0 saturated heterocycles. The number of nitrogens with zero attached hydrogens (tertiary/aromatic N) is 1. The van der Waals surface area contributed by atoms with Gasteiger partial charge in [-0.25, -0.2) is 12.8 Å². The van der Waals surface area contributed by atoms with E-state index in [2.05, 4.69) is 0 Å². The number of hydrogen-bond acceptors (Lipinski definition) is 3. The average molecular weight is 239 g/mol. The van der Waals surface area contributed by atoms with Gasteiger partial charge in [0.05, 0.1) is 11.0 Å². The number of halogens is 1. The molecular formula is C11H10FNO2S. The summed E-state index contributed by atoms with van der Waals surface area (Å²) in [6, 6.07) is 6.50. The lowest BCUT2D eigenvalue weighted by molar-refractivity contribution is 0.406. The first-order valence-electron chi connectivity index (χ1n) is 4.93. The van der Waals surface area contributed by atoms with Crippen LogP contribution in [0.2, 0.25) is 0 Å². The second-order valence-electron chi connectivity index (χ2n) is 3.92. The molecule has 0 aliphatic heterocycles. The zero-order valence-corrected chi connectivity index (χ0v) is 9.30. The van der Waals surface area contributed by atoms with Crippen molar-refractivity contribution in [1.29, 1.82) is 5.26 Å². The molecule has 0 radical (unpaired) electrons. The molecule has 0 atom stereocenters. The first-order chi connectivity index (χ1) is 7.52. The smallest absolute Gasteiger partial charge is 0.197 e. The molecule has 0 amide bonds. The molecule has 0 aromatic heterocycles. The van der Waals surface area contributed by atoms with E-state index in [-0.39, 0.29) is 4.90 Å². The molecule has 0 bridgehead atoms. The number of rotatable bonds is 2. The first kappa shape index (κ1) is 11.1. The van der Waals surface area contributed by atoms with Crippen LogP contribution in [0.25, 0.3) is 0 Å². The maximum atomic E-state index is 12.7. The Balaban J connectivity index is 2.48. The molecule has 1 fully saturated rings. The minimum Gasteiger partial charge on any atom is -0.222 e. The topological polar surface area (TPSA) is 57.9 Å². The predicted molar refractivity (Wildman–Crippen MR) is 55.8 cm³/mol. The zero-order chi connectivity index (χ0) is 11.8. The molecule has 1 saturated carbocycles. The number of nitriles is 1. The van der Waals surface area contributed by atoms with E-state index in [0.29, 0.717) is 12.8 Å². The summed E-state index contributed by atoms with van der Waals surface area (Å²) in [6.07, 6.45) is 1.47. The average Bonchev–Trinajstić information content (AvgIpc) is 2.17. The quantitative estimate of drug-likeness (QED) is 0.742. The Morgan fingerprint density at radius 2 is 1.81 bits per heavy atom. The second kappa shape index (κ2) is 3.56. The minimum absolute atomic E-state index is 0.0233. The van der Waals surface area contributed by atoms with E-state index >= 15 is 0 Å². The van der Waals surface area contributed by atoms with Crippen LogP contribution in [0.3, 0.4) is 0 Å². The van der Waals surface area contributed by atoms with Crippen molar-refractivity contribution in [3.63, 3.8) is 0 Å². The third kappa shape index (κ3) is 1.41. The SMILES string of the molecule is N#CC1(S(=O)(=O)c2ccc(F)cc2)CCC1. The van der Waals surface area contributed by atoms with E-state index in [1.807, 2.05) is 6.07 Å². The molecule has 2 rings (SSSR count). The van der Waals surface area contributed by atoms with E-state index in [4.69, 9.17) is 5.26 Å². The highest BCUT2D eigenvalue weighted by Crippen LogP contribution is 2.42. The molecule has 1 aromatic carbocycles. The standard InChI is InChI=1S/C11H10FNO2S/c12-9-2-4-10(5-3-9)16(14,15)11(8-13)6-1-7-11/h2-5H,1,6-7H2. The van der Waals surface area contributed by atoms with E-state index in [1.54, 1.807) is 0 Å². The first-order valence-corrected chi connectivity index (χ1v) is 6.42. The van der Waals surface area contributed by atoms with Gasteiger partial charge < -0.3 is 0 Å². The molecule has 1 aliphatic carbocycles. The summed E-state index contributed by atoms with van der Waals surface area (Å²) in [4.78, 5) is 0.0233. The van der Waals surface area contributed by atoms with Gasteiger partial charge in [0, 0.05) is 0 Å². The lowest BCUT2D eigenvalue weighted by Crippen LogP contribution is -2.43. The van der Waals surface area contributed by atoms with Gasteiger partial charge in [0.2, 0.25) is 0 Å². The van der Waals surface area contributed by atoms with Crippen LogP contribution in [0.4, 0.5) is 4.39 Å². The van der Waals surface area contributed by atoms with E-state index in [0.717, 1.165) is 18.6 Å². The van der Waals surface area contributed by atoms with Crippen molar-refractivity contribution in [2.75, 3.05) is 0 Å². The van der Waals surface area contributed by atoms with Crippen LogP contribution in [0.1, 0.15) is 19.3 Å². The maximum absolute atomic E-state index is 12.7. The summed E-state index contributed by atoms with van der Waals surface area (Å²) in [7, 11) is -3.66. The van der Waals surface area contributed by atoms with Crippen molar-refractivity contribution >= 4 is 9.84 Å². The summed E-state index contributed by atoms with van der Waals surface area (Å²) in [6.45, 7) is 0. The Kier molecular flexibility index (Phi) is 2.47. The summed E-state index contributed by atoms with van der Waals surface area (Å²) in [5, 5.41) is 8.98. The number of hydrogen-bond donors (Lipinski definition) is 0. The van der Waals surface area contributed by atoms with Crippen molar-refractivity contribution in [1.82, 2.24) is 0 Å². The molecule has 84 valence electrons. The number of benzene rings is 1. The predicted octanol–water partition coefficient (Wildman–Crippen LogP) is 2.05. The number of sulfone groups is 1. The van der Waals surface area contributed by atoms with Gasteiger partial charge in [-0.3, -0.25) is 0 Å². The Labute approximate surface area is 93.4 Å². The van der Waals surface area contributed by atoms with Gasteiger partial charge in [0.1, 0.15) is 5.82 Å². The fourth-order valence-corrected chi connectivity index (χ4v) is 3.67. The van der Waals surface area contributed by atoms with Crippen LogP contribution < -0.4 is 0 Å². The Morgan fingerprint density at radius 1 is 1.25 bits per heavy atom. The van der Waals surface area contributed by atoms with Gasteiger partial charge in [-0.05, 0) is 43.5 Å². The molecule has 0 unspecified atom stereocenters. The summed E-state index contributed by atoms with van der Waals surface area (Å²) in [5.41, 5.74) is 0. The lowest BCUT2D eigenvalue weighted by atomic mass is 9.86. The fraction of sp³-hybridized carbons (Fsp3) is 0.364. The molecule has 0 N–H and O–H groups in total. The van der Waals surface area contributed by atoms with Gasteiger partial charge in [-0.1, -0.05) is 0 Å². The molecule has 5 heteroatoms. The van der Waals surface area contributed by atoms with Crippen molar-refractivity contribution in [2.24, 2.45) is 0 Å². The minimum atomic E-state index is -3.66. The van der Waals surface area contributed by atoms with E-state index in [9.17, 15) is 12.8 Å². The van der Waals surface area contributed by atoms with Crippen molar-refractivity contribution in [3.8, 4) is 6.07 Å². The summed E-state index contributed by atoms with van der Waals surface area (Å²) < 4.78 is 35.7. The summed E-state index contributed by atoms with van der Waals surface area (Å²) >= 11 is 0. The van der Waals surface area contributed by atoms with Crippen molar-refractivity contribution < 1.29 is 12.8 Å². The molecular weight excluding hydrogens is 229 g/mol. The highest BCUT2D eigenvalue weighted by Gasteiger charge is 2.50. The third-order valence-corrected chi connectivity index (χ3v) is 5.42. The largest absolute Gasteiger partial charge is 0.222 e. The van der Waals surface area contributed by atoms with Gasteiger partial charge in [-0.15, -0.1) is 0 Å².